The SMILES string of the molecule is COc1ccc2c(CC(=O)O[C@@H](C)C(=O)N3CCC(C)CC3)coc2c1. The summed E-state index contributed by atoms with van der Waals surface area (Å²) in [6.45, 7) is 5.29. The van der Waals surface area contributed by atoms with Gasteiger partial charge in [-0.05, 0) is 37.8 Å². The molecule has 6 heteroatoms. The molecule has 1 aliphatic rings. The van der Waals surface area contributed by atoms with Crippen LogP contribution >= 0.6 is 0 Å². The van der Waals surface area contributed by atoms with Gasteiger partial charge in [0.25, 0.3) is 5.91 Å². The minimum absolute atomic E-state index is 0.0635. The molecule has 1 amide bonds. The summed E-state index contributed by atoms with van der Waals surface area (Å²) in [5.41, 5.74) is 1.39. The van der Waals surface area contributed by atoms with E-state index in [4.69, 9.17) is 13.9 Å². The molecule has 26 heavy (non-hydrogen) atoms. The van der Waals surface area contributed by atoms with Crippen molar-refractivity contribution in [2.75, 3.05) is 20.2 Å². The van der Waals surface area contributed by atoms with Crippen molar-refractivity contribution in [3.05, 3.63) is 30.0 Å². The van der Waals surface area contributed by atoms with Crippen LogP contribution < -0.4 is 4.74 Å². The number of methoxy groups -OCH3 is 1. The molecule has 1 atom stereocenters. The molecule has 1 aromatic heterocycles. The summed E-state index contributed by atoms with van der Waals surface area (Å²) in [6, 6.07) is 5.44. The van der Waals surface area contributed by atoms with Gasteiger partial charge in [-0.2, -0.15) is 0 Å². The highest BCUT2D eigenvalue weighted by Crippen LogP contribution is 2.26. The van der Waals surface area contributed by atoms with Crippen LogP contribution in [0.1, 0.15) is 32.3 Å². The summed E-state index contributed by atoms with van der Waals surface area (Å²) in [6.07, 6.45) is 2.83. The Hall–Kier alpha value is -2.50. The first-order valence-electron chi connectivity index (χ1n) is 9.00. The molecular formula is C20H25NO5. The lowest BCUT2D eigenvalue weighted by Gasteiger charge is -2.31. The van der Waals surface area contributed by atoms with E-state index in [1.165, 1.54) is 0 Å². The summed E-state index contributed by atoms with van der Waals surface area (Å²) < 4.78 is 16.0. The van der Waals surface area contributed by atoms with E-state index in [1.807, 2.05) is 12.1 Å². The van der Waals surface area contributed by atoms with Crippen LogP contribution in [0.2, 0.25) is 0 Å². The topological polar surface area (TPSA) is 69.0 Å². The average molecular weight is 359 g/mol. The molecular weight excluding hydrogens is 334 g/mol. The Morgan fingerprint density at radius 1 is 1.31 bits per heavy atom. The molecule has 0 aliphatic carbocycles. The van der Waals surface area contributed by atoms with Gasteiger partial charge in [0.05, 0.1) is 19.8 Å². The Morgan fingerprint density at radius 3 is 2.73 bits per heavy atom. The van der Waals surface area contributed by atoms with E-state index in [2.05, 4.69) is 6.92 Å². The molecule has 1 aromatic carbocycles. The number of furan rings is 1. The minimum atomic E-state index is -0.769. The number of carbonyl (C=O) groups is 2. The zero-order chi connectivity index (χ0) is 18.7. The summed E-state index contributed by atoms with van der Waals surface area (Å²) in [7, 11) is 1.59. The van der Waals surface area contributed by atoms with Crippen LogP contribution in [0, 0.1) is 5.92 Å². The van der Waals surface area contributed by atoms with Crippen LogP contribution in [-0.2, 0) is 20.7 Å². The van der Waals surface area contributed by atoms with Crippen molar-refractivity contribution in [3.8, 4) is 5.75 Å². The summed E-state index contributed by atoms with van der Waals surface area (Å²) in [5.74, 6) is 0.780. The molecule has 0 saturated carbocycles. The highest BCUT2D eigenvalue weighted by Gasteiger charge is 2.27. The highest BCUT2D eigenvalue weighted by atomic mass is 16.5. The number of benzene rings is 1. The standard InChI is InChI=1S/C20H25NO5/c1-13-6-8-21(9-7-13)20(23)14(2)26-19(22)10-15-12-25-18-11-16(24-3)4-5-17(15)18/h4-5,11-14H,6-10H2,1-3H3/t14-/m0/s1. The molecule has 140 valence electrons. The second-order valence-electron chi connectivity index (χ2n) is 6.94. The van der Waals surface area contributed by atoms with Crippen molar-refractivity contribution < 1.29 is 23.5 Å². The number of fused-ring (bicyclic) bond motifs is 1. The Bertz CT molecular complexity index is 789. The first kappa shape index (κ1) is 18.3. The van der Waals surface area contributed by atoms with Crippen LogP contribution in [0.15, 0.2) is 28.9 Å². The van der Waals surface area contributed by atoms with Gasteiger partial charge in [0, 0.05) is 30.1 Å². The number of likely N-dealkylation sites (tertiary alicyclic amines) is 1. The first-order valence-corrected chi connectivity index (χ1v) is 9.00. The first-order chi connectivity index (χ1) is 12.5. The number of hydrogen-bond donors (Lipinski definition) is 0. The van der Waals surface area contributed by atoms with Crippen molar-refractivity contribution in [1.82, 2.24) is 4.90 Å². The maximum absolute atomic E-state index is 12.4. The van der Waals surface area contributed by atoms with E-state index < -0.39 is 12.1 Å². The number of ether oxygens (including phenoxy) is 2. The summed E-state index contributed by atoms with van der Waals surface area (Å²) in [4.78, 5) is 26.5. The van der Waals surface area contributed by atoms with Crippen LogP contribution in [-0.4, -0.2) is 43.1 Å². The van der Waals surface area contributed by atoms with E-state index in [9.17, 15) is 9.59 Å². The smallest absolute Gasteiger partial charge is 0.311 e. The molecule has 1 fully saturated rings. The second kappa shape index (κ2) is 7.81. The largest absolute Gasteiger partial charge is 0.497 e. The van der Waals surface area contributed by atoms with Gasteiger partial charge in [0.2, 0.25) is 0 Å². The quantitative estimate of drug-likeness (QED) is 0.767. The van der Waals surface area contributed by atoms with Crippen molar-refractivity contribution in [2.24, 2.45) is 5.92 Å². The highest BCUT2D eigenvalue weighted by molar-refractivity contribution is 5.88. The van der Waals surface area contributed by atoms with E-state index in [0.29, 0.717) is 17.3 Å². The Balaban J connectivity index is 1.59. The fourth-order valence-corrected chi connectivity index (χ4v) is 3.26. The normalized spacial score (nSPS) is 16.5. The fraction of sp³-hybridized carbons (Fsp3) is 0.500. The van der Waals surface area contributed by atoms with Gasteiger partial charge in [-0.25, -0.2) is 0 Å². The average Bonchev–Trinajstić information content (AvgIpc) is 3.03. The number of piperidine rings is 1. The number of hydrogen-bond acceptors (Lipinski definition) is 5. The van der Waals surface area contributed by atoms with Gasteiger partial charge in [0.1, 0.15) is 11.3 Å². The van der Waals surface area contributed by atoms with Gasteiger partial charge in [0.15, 0.2) is 6.10 Å². The number of rotatable bonds is 5. The van der Waals surface area contributed by atoms with E-state index in [-0.39, 0.29) is 12.3 Å². The van der Waals surface area contributed by atoms with Gasteiger partial charge in [-0.15, -0.1) is 0 Å². The molecule has 2 aromatic rings. The molecule has 0 spiro atoms. The molecule has 0 N–H and O–H groups in total. The van der Waals surface area contributed by atoms with Crippen molar-refractivity contribution in [3.63, 3.8) is 0 Å². The predicted octanol–water partition coefficient (Wildman–Crippen LogP) is 3.17. The van der Waals surface area contributed by atoms with Gasteiger partial charge in [-0.3, -0.25) is 9.59 Å². The van der Waals surface area contributed by atoms with Gasteiger partial charge < -0.3 is 18.8 Å². The molecule has 1 saturated heterocycles. The van der Waals surface area contributed by atoms with Crippen molar-refractivity contribution in [2.45, 2.75) is 39.2 Å². The number of carbonyl (C=O) groups excluding carboxylic acids is 2. The minimum Gasteiger partial charge on any atom is -0.497 e. The second-order valence-corrected chi connectivity index (χ2v) is 6.94. The van der Waals surface area contributed by atoms with Crippen molar-refractivity contribution in [1.29, 1.82) is 0 Å². The predicted molar refractivity (Wildman–Crippen MR) is 97.0 cm³/mol. The monoisotopic (exact) mass is 359 g/mol. The van der Waals surface area contributed by atoms with E-state index >= 15 is 0 Å². The third-order valence-electron chi connectivity index (χ3n) is 4.95. The molecule has 0 radical (unpaired) electrons. The van der Waals surface area contributed by atoms with Crippen molar-refractivity contribution >= 4 is 22.8 Å². The lowest BCUT2D eigenvalue weighted by atomic mass is 9.99. The van der Waals surface area contributed by atoms with Crippen LogP contribution in [0.3, 0.4) is 0 Å². The van der Waals surface area contributed by atoms with E-state index in [0.717, 1.165) is 36.9 Å². The van der Waals surface area contributed by atoms with Gasteiger partial charge in [-0.1, -0.05) is 6.92 Å². The molecule has 0 bridgehead atoms. The van der Waals surface area contributed by atoms with Crippen LogP contribution in [0.5, 0.6) is 5.75 Å². The van der Waals surface area contributed by atoms with E-state index in [1.54, 1.807) is 31.3 Å². The lowest BCUT2D eigenvalue weighted by Crippen LogP contribution is -2.44. The summed E-state index contributed by atoms with van der Waals surface area (Å²) in [5, 5.41) is 0.840. The van der Waals surface area contributed by atoms with Gasteiger partial charge >= 0.3 is 5.97 Å². The lowest BCUT2D eigenvalue weighted by molar-refractivity contribution is -0.159. The third-order valence-corrected chi connectivity index (χ3v) is 4.95. The molecule has 3 rings (SSSR count). The maximum atomic E-state index is 12.4. The van der Waals surface area contributed by atoms with Crippen LogP contribution in [0.25, 0.3) is 11.0 Å². The molecule has 1 aliphatic heterocycles. The molecule has 6 nitrogen and oxygen atoms in total. The molecule has 2 heterocycles. The maximum Gasteiger partial charge on any atom is 0.311 e. The Kier molecular flexibility index (Phi) is 5.49. The number of nitrogens with zero attached hydrogens (tertiary/aromatic N) is 1. The number of amides is 1. The number of esters is 1. The molecule has 0 unspecified atom stereocenters. The Labute approximate surface area is 153 Å². The fourth-order valence-electron chi connectivity index (χ4n) is 3.26. The zero-order valence-corrected chi connectivity index (χ0v) is 15.5. The third kappa shape index (κ3) is 4.00. The zero-order valence-electron chi connectivity index (χ0n) is 15.5. The Morgan fingerprint density at radius 2 is 2.04 bits per heavy atom. The van der Waals surface area contributed by atoms with Crippen LogP contribution in [0.4, 0.5) is 0 Å². The summed E-state index contributed by atoms with van der Waals surface area (Å²) >= 11 is 0.